The number of aromatic nitrogens is 3. The van der Waals surface area contributed by atoms with Crippen molar-refractivity contribution in [2.45, 2.75) is 37.8 Å². The molecule has 1 saturated carbocycles. The van der Waals surface area contributed by atoms with E-state index in [1.54, 1.807) is 10.7 Å². The third kappa shape index (κ3) is 2.70. The average molecular weight is 355 g/mol. The predicted molar refractivity (Wildman–Crippen MR) is 95.7 cm³/mol. The predicted octanol–water partition coefficient (Wildman–Crippen LogP) is 1.04. The van der Waals surface area contributed by atoms with Gasteiger partial charge in [0.2, 0.25) is 0 Å². The fraction of sp³-hybridized carbons (Fsp3) is 0.632. The standard InChI is InChI=1S/C19H25N5O2/c25-17-8-15-10-23(9-14(15)7-16(17)22-5-1-2-6-22)19(26)13-3-4-18-20-12-21-24(18)11-13/h3-4,11-12,14-17,25H,1-2,5-10H2/t14-,15+,16-,17-/m1/s1. The maximum atomic E-state index is 13.0. The van der Waals surface area contributed by atoms with Crippen LogP contribution in [0.1, 0.15) is 36.0 Å². The van der Waals surface area contributed by atoms with Crippen molar-refractivity contribution >= 4 is 11.6 Å². The van der Waals surface area contributed by atoms with Crippen LogP contribution in [0, 0.1) is 11.8 Å². The molecule has 2 saturated heterocycles. The average Bonchev–Trinajstić information content (AvgIpc) is 3.38. The smallest absolute Gasteiger partial charge is 0.255 e. The van der Waals surface area contributed by atoms with Gasteiger partial charge in [0.15, 0.2) is 5.65 Å². The van der Waals surface area contributed by atoms with Crippen LogP contribution in [0.5, 0.6) is 0 Å². The Labute approximate surface area is 152 Å². The van der Waals surface area contributed by atoms with Gasteiger partial charge >= 0.3 is 0 Å². The van der Waals surface area contributed by atoms with Gasteiger partial charge in [-0.25, -0.2) is 9.50 Å². The first-order valence-corrected chi connectivity index (χ1v) is 9.70. The van der Waals surface area contributed by atoms with Crippen LogP contribution in [0.4, 0.5) is 0 Å². The highest BCUT2D eigenvalue weighted by molar-refractivity contribution is 5.94. The maximum absolute atomic E-state index is 13.0. The number of rotatable bonds is 2. The van der Waals surface area contributed by atoms with E-state index >= 15 is 0 Å². The molecule has 0 spiro atoms. The van der Waals surface area contributed by atoms with Gasteiger partial charge in [0, 0.05) is 25.3 Å². The fourth-order valence-corrected chi connectivity index (χ4v) is 5.16. The quantitative estimate of drug-likeness (QED) is 0.871. The number of fused-ring (bicyclic) bond motifs is 2. The van der Waals surface area contributed by atoms with Gasteiger partial charge < -0.3 is 10.0 Å². The number of amides is 1. The van der Waals surface area contributed by atoms with Gasteiger partial charge in [-0.2, -0.15) is 5.10 Å². The molecule has 138 valence electrons. The third-order valence-corrected chi connectivity index (χ3v) is 6.53. The minimum Gasteiger partial charge on any atom is -0.391 e. The highest BCUT2D eigenvalue weighted by atomic mass is 16.3. The molecule has 0 unspecified atom stereocenters. The summed E-state index contributed by atoms with van der Waals surface area (Å²) in [6, 6.07) is 3.94. The highest BCUT2D eigenvalue weighted by Crippen LogP contribution is 2.39. The summed E-state index contributed by atoms with van der Waals surface area (Å²) in [6.45, 7) is 3.78. The largest absolute Gasteiger partial charge is 0.391 e. The van der Waals surface area contributed by atoms with Crippen molar-refractivity contribution in [3.63, 3.8) is 0 Å². The number of aliphatic hydroxyl groups is 1. The fourth-order valence-electron chi connectivity index (χ4n) is 5.16. The molecule has 7 heteroatoms. The molecule has 1 N–H and O–H groups in total. The van der Waals surface area contributed by atoms with Crippen LogP contribution < -0.4 is 0 Å². The number of carbonyl (C=O) groups is 1. The first-order chi connectivity index (χ1) is 12.7. The van der Waals surface area contributed by atoms with Crippen LogP contribution in [0.25, 0.3) is 5.65 Å². The Bertz CT molecular complexity index is 815. The number of nitrogens with zero attached hydrogens (tertiary/aromatic N) is 5. The Kier molecular flexibility index (Phi) is 3.94. The first kappa shape index (κ1) is 16.2. The van der Waals surface area contributed by atoms with Crippen molar-refractivity contribution in [3.8, 4) is 0 Å². The molecule has 4 atom stereocenters. The van der Waals surface area contributed by atoms with Crippen molar-refractivity contribution in [1.29, 1.82) is 0 Å². The molecular formula is C19H25N5O2. The van der Waals surface area contributed by atoms with Crippen molar-refractivity contribution in [1.82, 2.24) is 24.4 Å². The zero-order chi connectivity index (χ0) is 17.7. The molecule has 1 aliphatic carbocycles. The highest BCUT2D eigenvalue weighted by Gasteiger charge is 2.45. The van der Waals surface area contributed by atoms with E-state index < -0.39 is 0 Å². The maximum Gasteiger partial charge on any atom is 0.255 e. The molecule has 1 amide bonds. The summed E-state index contributed by atoms with van der Waals surface area (Å²) < 4.78 is 1.64. The van der Waals surface area contributed by atoms with Crippen LogP contribution in [-0.2, 0) is 0 Å². The van der Waals surface area contributed by atoms with Crippen LogP contribution in [0.2, 0.25) is 0 Å². The van der Waals surface area contributed by atoms with E-state index in [2.05, 4.69) is 15.0 Å². The zero-order valence-electron chi connectivity index (χ0n) is 14.9. The Hall–Kier alpha value is -1.99. The number of hydrogen-bond donors (Lipinski definition) is 1. The van der Waals surface area contributed by atoms with Crippen LogP contribution in [0.15, 0.2) is 24.7 Å². The van der Waals surface area contributed by atoms with Crippen LogP contribution in [0.3, 0.4) is 0 Å². The topological polar surface area (TPSA) is 74.0 Å². The van der Waals surface area contributed by atoms with Gasteiger partial charge in [-0.3, -0.25) is 9.69 Å². The summed E-state index contributed by atoms with van der Waals surface area (Å²) >= 11 is 0. The first-order valence-electron chi connectivity index (χ1n) is 9.70. The zero-order valence-corrected chi connectivity index (χ0v) is 14.9. The molecular weight excluding hydrogens is 330 g/mol. The third-order valence-electron chi connectivity index (χ3n) is 6.53. The monoisotopic (exact) mass is 355 g/mol. The lowest BCUT2D eigenvalue weighted by atomic mass is 9.77. The summed E-state index contributed by atoms with van der Waals surface area (Å²) in [5, 5.41) is 14.8. The van der Waals surface area contributed by atoms with E-state index in [-0.39, 0.29) is 18.1 Å². The Morgan fingerprint density at radius 2 is 1.88 bits per heavy atom. The molecule has 2 aromatic rings. The van der Waals surface area contributed by atoms with E-state index in [0.29, 0.717) is 17.4 Å². The Morgan fingerprint density at radius 3 is 2.69 bits per heavy atom. The molecule has 2 aliphatic heterocycles. The Balaban J connectivity index is 1.31. The molecule has 0 bridgehead atoms. The van der Waals surface area contributed by atoms with Crippen molar-refractivity contribution in [3.05, 3.63) is 30.2 Å². The lowest BCUT2D eigenvalue weighted by Crippen LogP contribution is -2.48. The second kappa shape index (κ2) is 6.32. The molecule has 0 radical (unpaired) electrons. The summed E-state index contributed by atoms with van der Waals surface area (Å²) in [7, 11) is 0. The van der Waals surface area contributed by atoms with E-state index in [0.717, 1.165) is 44.7 Å². The molecule has 0 aromatic carbocycles. The molecule has 2 aromatic heterocycles. The number of aliphatic hydroxyl groups excluding tert-OH is 1. The summed E-state index contributed by atoms with van der Waals surface area (Å²) in [4.78, 5) is 21.5. The van der Waals surface area contributed by atoms with Gasteiger partial charge in [-0.05, 0) is 62.7 Å². The van der Waals surface area contributed by atoms with Crippen LogP contribution >= 0.6 is 0 Å². The van der Waals surface area contributed by atoms with Gasteiger partial charge in [0.25, 0.3) is 5.91 Å². The van der Waals surface area contributed by atoms with Gasteiger partial charge in [-0.15, -0.1) is 0 Å². The van der Waals surface area contributed by atoms with Crippen molar-refractivity contribution in [2.75, 3.05) is 26.2 Å². The van der Waals surface area contributed by atoms with Crippen molar-refractivity contribution < 1.29 is 9.90 Å². The summed E-state index contributed by atoms with van der Waals surface area (Å²) in [5.74, 6) is 0.981. The van der Waals surface area contributed by atoms with E-state index in [1.807, 2.05) is 17.0 Å². The summed E-state index contributed by atoms with van der Waals surface area (Å²) in [5.41, 5.74) is 1.39. The number of carbonyl (C=O) groups excluding carboxylic acids is 1. The van der Waals surface area contributed by atoms with Gasteiger partial charge in [-0.1, -0.05) is 0 Å². The number of likely N-dealkylation sites (tertiary alicyclic amines) is 2. The molecule has 5 rings (SSSR count). The second-order valence-corrected chi connectivity index (χ2v) is 8.06. The molecule has 3 fully saturated rings. The van der Waals surface area contributed by atoms with Crippen LogP contribution in [-0.4, -0.2) is 73.7 Å². The van der Waals surface area contributed by atoms with Gasteiger partial charge in [0.05, 0.1) is 11.7 Å². The number of hydrogen-bond acceptors (Lipinski definition) is 5. The minimum absolute atomic E-state index is 0.0593. The molecule has 4 heterocycles. The van der Waals surface area contributed by atoms with Gasteiger partial charge in [0.1, 0.15) is 6.33 Å². The lowest BCUT2D eigenvalue weighted by Gasteiger charge is -2.40. The van der Waals surface area contributed by atoms with E-state index in [1.165, 1.54) is 19.2 Å². The molecule has 7 nitrogen and oxygen atoms in total. The minimum atomic E-state index is -0.254. The lowest BCUT2D eigenvalue weighted by molar-refractivity contribution is -0.000864. The number of pyridine rings is 1. The van der Waals surface area contributed by atoms with E-state index in [4.69, 9.17) is 0 Å². The second-order valence-electron chi connectivity index (χ2n) is 8.06. The SMILES string of the molecule is O=C(c1ccc2ncnn2c1)N1C[C@H]2C[C@@H](N3CCCC3)[C@H](O)C[C@H]2C1. The molecule has 26 heavy (non-hydrogen) atoms. The Morgan fingerprint density at radius 1 is 1.12 bits per heavy atom. The molecule has 3 aliphatic rings. The van der Waals surface area contributed by atoms with Crippen molar-refractivity contribution in [2.24, 2.45) is 11.8 Å². The summed E-state index contributed by atoms with van der Waals surface area (Å²) in [6.07, 6.45) is 7.31. The normalized spacial score (nSPS) is 32.3. The van der Waals surface area contributed by atoms with E-state index in [9.17, 15) is 9.90 Å².